The number of aromatic hydroxyl groups is 1. The number of nitrogens with zero attached hydrogens (tertiary/aromatic N) is 1. The van der Waals surface area contributed by atoms with E-state index in [1.54, 1.807) is 26.2 Å². The van der Waals surface area contributed by atoms with E-state index in [0.717, 1.165) is 22.0 Å². The van der Waals surface area contributed by atoms with E-state index < -0.39 is 29.1 Å². The number of halogens is 2. The van der Waals surface area contributed by atoms with Gasteiger partial charge in [0.2, 0.25) is 11.7 Å². The Hall–Kier alpha value is -2.38. The van der Waals surface area contributed by atoms with E-state index in [-0.39, 0.29) is 21.3 Å². The van der Waals surface area contributed by atoms with Gasteiger partial charge in [-0.25, -0.2) is 13.8 Å². The molecule has 0 bridgehead atoms. The number of nitrogens with one attached hydrogen (secondary N) is 1. The van der Waals surface area contributed by atoms with Gasteiger partial charge in [-0.05, 0) is 45.0 Å². The summed E-state index contributed by atoms with van der Waals surface area (Å²) in [6.07, 6.45) is 0. The Balaban J connectivity index is 2.23. The fourth-order valence-corrected chi connectivity index (χ4v) is 3.63. The third-order valence-corrected chi connectivity index (χ3v) is 4.88. The molecule has 0 saturated carbocycles. The smallest absolute Gasteiger partial charge is 0.329 e. The van der Waals surface area contributed by atoms with Gasteiger partial charge in [0.15, 0.2) is 0 Å². The van der Waals surface area contributed by atoms with E-state index in [1.807, 2.05) is 0 Å². The molecule has 0 fully saturated rings. The van der Waals surface area contributed by atoms with Crippen molar-refractivity contribution in [3.63, 3.8) is 0 Å². The molecule has 136 valence electrons. The molecule has 1 amide bonds. The number of carbonyl (C=O) groups excluding carboxylic acids is 2. The summed E-state index contributed by atoms with van der Waals surface area (Å²) in [5, 5.41) is 15.5. The molecule has 0 radical (unpaired) electrons. The lowest BCUT2D eigenvalue weighted by atomic mass is 10.1. The number of hydrogen-bond acceptors (Lipinski definition) is 4. The van der Waals surface area contributed by atoms with Crippen molar-refractivity contribution in [1.82, 2.24) is 9.88 Å². The van der Waals surface area contributed by atoms with E-state index in [4.69, 9.17) is 11.6 Å². The van der Waals surface area contributed by atoms with Crippen molar-refractivity contribution in [3.05, 3.63) is 50.9 Å². The summed E-state index contributed by atoms with van der Waals surface area (Å²) in [6.45, 7) is 5.35. The van der Waals surface area contributed by atoms with E-state index in [1.165, 1.54) is 18.2 Å². The third kappa shape index (κ3) is 3.32. The number of fused-ring (bicyclic) bond motifs is 1. The second-order valence-corrected chi connectivity index (χ2v) is 8.18. The van der Waals surface area contributed by atoms with Crippen LogP contribution in [0, 0.1) is 5.82 Å². The molecule has 2 N–H and O–H groups in total. The normalized spacial score (nSPS) is 11.7. The van der Waals surface area contributed by atoms with Gasteiger partial charge in [0.05, 0.1) is 21.0 Å². The average Bonchev–Trinajstić information content (AvgIpc) is 3.05. The van der Waals surface area contributed by atoms with Gasteiger partial charge in [-0.15, -0.1) is 11.3 Å². The minimum absolute atomic E-state index is 0.137. The van der Waals surface area contributed by atoms with Crippen LogP contribution in [0.1, 0.15) is 36.0 Å². The van der Waals surface area contributed by atoms with E-state index in [2.05, 4.69) is 5.32 Å². The van der Waals surface area contributed by atoms with Gasteiger partial charge in [0.1, 0.15) is 5.82 Å². The first-order valence-corrected chi connectivity index (χ1v) is 8.98. The number of thiophene rings is 1. The number of aromatic nitrogens is 1. The number of carbonyl (C=O) groups is 2. The van der Waals surface area contributed by atoms with Crippen LogP contribution in [0.5, 0.6) is 5.88 Å². The Labute approximate surface area is 158 Å². The van der Waals surface area contributed by atoms with Crippen LogP contribution in [0.4, 0.5) is 9.18 Å². The molecular formula is C18H16ClFN2O3S. The Morgan fingerprint density at radius 1 is 1.27 bits per heavy atom. The summed E-state index contributed by atoms with van der Waals surface area (Å²) >= 11 is 6.98. The summed E-state index contributed by atoms with van der Waals surface area (Å²) < 4.78 is 14.8. The molecule has 0 aliphatic heterocycles. The van der Waals surface area contributed by atoms with Crippen LogP contribution in [0.15, 0.2) is 29.6 Å². The highest BCUT2D eigenvalue weighted by Gasteiger charge is 2.28. The van der Waals surface area contributed by atoms with Gasteiger partial charge in [-0.3, -0.25) is 4.79 Å². The van der Waals surface area contributed by atoms with Gasteiger partial charge in [0, 0.05) is 16.3 Å². The Morgan fingerprint density at radius 2 is 1.96 bits per heavy atom. The average molecular weight is 395 g/mol. The Morgan fingerprint density at radius 3 is 2.54 bits per heavy atom. The number of amides is 1. The van der Waals surface area contributed by atoms with Crippen LogP contribution < -0.4 is 5.32 Å². The lowest BCUT2D eigenvalue weighted by molar-refractivity contribution is 0.104. The second kappa shape index (κ2) is 6.41. The summed E-state index contributed by atoms with van der Waals surface area (Å²) in [5.41, 5.74) is -0.468. The lowest BCUT2D eigenvalue weighted by Gasteiger charge is -2.21. The second-order valence-electron chi connectivity index (χ2n) is 6.83. The predicted octanol–water partition coefficient (Wildman–Crippen LogP) is 4.79. The van der Waals surface area contributed by atoms with E-state index in [0.29, 0.717) is 5.02 Å². The fourth-order valence-electron chi connectivity index (χ4n) is 2.61. The number of hydrogen-bond donors (Lipinski definition) is 2. The van der Waals surface area contributed by atoms with Crippen molar-refractivity contribution < 1.29 is 19.1 Å². The molecule has 3 aromatic rings. The SMILES string of the molecule is CC(C)(C)NC(=O)n1c(O)c(C(=O)c2cc(Cl)cs2)c2cc(F)ccc21. The molecule has 0 saturated heterocycles. The van der Waals surface area contributed by atoms with Gasteiger partial charge in [-0.2, -0.15) is 0 Å². The topological polar surface area (TPSA) is 71.3 Å². The number of ketones is 1. The van der Waals surface area contributed by atoms with Crippen LogP contribution in [0.2, 0.25) is 5.02 Å². The maximum atomic E-state index is 13.8. The van der Waals surface area contributed by atoms with E-state index >= 15 is 0 Å². The maximum Gasteiger partial charge on any atom is 0.329 e. The van der Waals surface area contributed by atoms with Gasteiger partial charge in [0.25, 0.3) is 0 Å². The minimum Gasteiger partial charge on any atom is -0.494 e. The van der Waals surface area contributed by atoms with Crippen LogP contribution in [-0.4, -0.2) is 27.0 Å². The first-order chi connectivity index (χ1) is 12.1. The molecule has 3 rings (SSSR count). The van der Waals surface area contributed by atoms with Crippen molar-refractivity contribution >= 4 is 45.7 Å². The van der Waals surface area contributed by atoms with Crippen molar-refractivity contribution in [3.8, 4) is 5.88 Å². The van der Waals surface area contributed by atoms with Crippen LogP contribution >= 0.6 is 22.9 Å². The van der Waals surface area contributed by atoms with Gasteiger partial charge in [-0.1, -0.05) is 11.6 Å². The Kier molecular flexibility index (Phi) is 4.54. The zero-order valence-electron chi connectivity index (χ0n) is 14.3. The molecule has 0 atom stereocenters. The van der Waals surface area contributed by atoms with Crippen molar-refractivity contribution in [2.45, 2.75) is 26.3 Å². The summed E-state index contributed by atoms with van der Waals surface area (Å²) in [4.78, 5) is 25.8. The molecular weight excluding hydrogens is 379 g/mol. The van der Waals surface area contributed by atoms with Gasteiger partial charge < -0.3 is 10.4 Å². The molecule has 5 nitrogen and oxygen atoms in total. The molecule has 0 spiro atoms. The van der Waals surface area contributed by atoms with Crippen LogP contribution in [0.3, 0.4) is 0 Å². The van der Waals surface area contributed by atoms with Gasteiger partial charge >= 0.3 is 6.03 Å². The molecule has 0 aliphatic carbocycles. The predicted molar refractivity (Wildman–Crippen MR) is 100 cm³/mol. The molecule has 2 heterocycles. The monoisotopic (exact) mass is 394 g/mol. The number of benzene rings is 1. The molecule has 1 aromatic carbocycles. The molecule has 2 aromatic heterocycles. The lowest BCUT2D eigenvalue weighted by Crippen LogP contribution is -2.42. The van der Waals surface area contributed by atoms with Crippen molar-refractivity contribution in [2.24, 2.45) is 0 Å². The first-order valence-electron chi connectivity index (χ1n) is 7.72. The van der Waals surface area contributed by atoms with E-state index in [9.17, 15) is 19.1 Å². The highest BCUT2D eigenvalue weighted by atomic mass is 35.5. The van der Waals surface area contributed by atoms with Crippen LogP contribution in [0.25, 0.3) is 10.9 Å². The summed E-state index contributed by atoms with van der Waals surface area (Å²) in [7, 11) is 0. The standard InChI is InChI=1S/C18H16ClFN2O3S/c1-18(2,3)21-17(25)22-12-5-4-10(20)7-11(12)14(16(22)24)15(23)13-6-9(19)8-26-13/h4-8,24H,1-3H3,(H,21,25). The zero-order chi connectivity index (χ0) is 19.2. The van der Waals surface area contributed by atoms with Crippen molar-refractivity contribution in [2.75, 3.05) is 0 Å². The minimum atomic E-state index is -0.616. The fraction of sp³-hybridized carbons (Fsp3) is 0.222. The first kappa shape index (κ1) is 18.4. The summed E-state index contributed by atoms with van der Waals surface area (Å²) in [6, 6.07) is 4.49. The largest absolute Gasteiger partial charge is 0.494 e. The Bertz CT molecular complexity index is 1030. The number of rotatable bonds is 2. The highest BCUT2D eigenvalue weighted by Crippen LogP contribution is 2.35. The molecule has 0 unspecified atom stereocenters. The zero-order valence-corrected chi connectivity index (χ0v) is 15.8. The van der Waals surface area contributed by atoms with Crippen LogP contribution in [-0.2, 0) is 0 Å². The molecule has 8 heteroatoms. The maximum absolute atomic E-state index is 13.8. The quantitative estimate of drug-likeness (QED) is 0.614. The molecule has 26 heavy (non-hydrogen) atoms. The summed E-state index contributed by atoms with van der Waals surface area (Å²) in [5.74, 6) is -1.65. The molecule has 0 aliphatic rings. The third-order valence-electron chi connectivity index (χ3n) is 3.61. The highest BCUT2D eigenvalue weighted by molar-refractivity contribution is 7.12. The van der Waals surface area contributed by atoms with Crippen molar-refractivity contribution in [1.29, 1.82) is 0 Å².